The highest BCUT2D eigenvalue weighted by Crippen LogP contribution is 2.26. The second-order valence-electron chi connectivity index (χ2n) is 6.38. The second-order valence-corrected chi connectivity index (χ2v) is 7.33. The quantitative estimate of drug-likeness (QED) is 0.226. The van der Waals surface area contributed by atoms with Crippen molar-refractivity contribution in [2.75, 3.05) is 0 Å². The maximum Gasteiger partial charge on any atom is 0.269 e. The third-order valence-corrected chi connectivity index (χ3v) is 5.34. The van der Waals surface area contributed by atoms with Crippen molar-refractivity contribution >= 4 is 17.4 Å². The predicted octanol–water partition coefficient (Wildman–Crippen LogP) is 5.05. The number of ether oxygens (including phenoxy) is 1. The standard InChI is InChI=1S/C22H18N4O3S/c27-26(28)19-13-11-17(12-14-19)16-30-22-24-23-21(15-29-20-9-5-2-6-10-20)25(22)18-7-3-1-4-8-18/h1-14H,15-16H2. The molecule has 7 nitrogen and oxygen atoms in total. The highest BCUT2D eigenvalue weighted by atomic mass is 32.2. The Morgan fingerprint density at radius 3 is 2.23 bits per heavy atom. The van der Waals surface area contributed by atoms with Crippen molar-refractivity contribution in [3.05, 3.63) is 106 Å². The number of thioether (sulfide) groups is 1. The smallest absolute Gasteiger partial charge is 0.269 e. The van der Waals surface area contributed by atoms with E-state index in [0.717, 1.165) is 22.2 Å². The maximum atomic E-state index is 10.8. The van der Waals surface area contributed by atoms with Crippen LogP contribution in [0.15, 0.2) is 90.1 Å². The zero-order valence-electron chi connectivity index (χ0n) is 15.9. The van der Waals surface area contributed by atoms with Gasteiger partial charge >= 0.3 is 0 Å². The van der Waals surface area contributed by atoms with Crippen LogP contribution in [0.5, 0.6) is 5.75 Å². The average Bonchev–Trinajstić information content (AvgIpc) is 3.20. The topological polar surface area (TPSA) is 83.1 Å². The van der Waals surface area contributed by atoms with Gasteiger partial charge in [-0.3, -0.25) is 14.7 Å². The molecule has 0 N–H and O–H groups in total. The van der Waals surface area contributed by atoms with E-state index in [2.05, 4.69) is 10.2 Å². The van der Waals surface area contributed by atoms with Gasteiger partial charge in [-0.1, -0.05) is 60.3 Å². The highest BCUT2D eigenvalue weighted by Gasteiger charge is 2.15. The summed E-state index contributed by atoms with van der Waals surface area (Å²) < 4.78 is 7.84. The number of hydrogen-bond donors (Lipinski definition) is 0. The molecule has 1 heterocycles. The number of nitro benzene ring substituents is 1. The van der Waals surface area contributed by atoms with Crippen LogP contribution < -0.4 is 4.74 Å². The van der Waals surface area contributed by atoms with Gasteiger partial charge in [-0.2, -0.15) is 0 Å². The molecule has 4 rings (SSSR count). The van der Waals surface area contributed by atoms with E-state index in [1.165, 1.54) is 23.9 Å². The number of nitrogens with zero attached hydrogens (tertiary/aromatic N) is 4. The molecule has 0 fully saturated rings. The summed E-state index contributed by atoms with van der Waals surface area (Å²) in [6.45, 7) is 0.282. The van der Waals surface area contributed by atoms with E-state index in [-0.39, 0.29) is 12.3 Å². The summed E-state index contributed by atoms with van der Waals surface area (Å²) in [6, 6.07) is 26.0. The van der Waals surface area contributed by atoms with Gasteiger partial charge in [0, 0.05) is 23.6 Å². The van der Waals surface area contributed by atoms with Crippen LogP contribution in [0.25, 0.3) is 5.69 Å². The molecule has 0 bridgehead atoms. The van der Waals surface area contributed by atoms with Gasteiger partial charge in [0.2, 0.25) is 0 Å². The molecule has 0 unspecified atom stereocenters. The molecule has 0 saturated carbocycles. The largest absolute Gasteiger partial charge is 0.486 e. The van der Waals surface area contributed by atoms with E-state index in [1.807, 2.05) is 65.2 Å². The number of non-ortho nitro benzene ring substituents is 1. The van der Waals surface area contributed by atoms with Crippen LogP contribution in [0.3, 0.4) is 0 Å². The Bertz CT molecular complexity index is 1120. The zero-order chi connectivity index (χ0) is 20.8. The van der Waals surface area contributed by atoms with Crippen molar-refractivity contribution in [2.24, 2.45) is 0 Å². The molecule has 0 saturated heterocycles. The molecule has 0 atom stereocenters. The Hall–Kier alpha value is -3.65. The van der Waals surface area contributed by atoms with Crippen molar-refractivity contribution in [3.8, 4) is 11.4 Å². The van der Waals surface area contributed by atoms with Crippen LogP contribution in [-0.2, 0) is 12.4 Å². The lowest BCUT2D eigenvalue weighted by Crippen LogP contribution is -2.06. The molecule has 3 aromatic carbocycles. The van der Waals surface area contributed by atoms with Crippen molar-refractivity contribution < 1.29 is 9.66 Å². The third-order valence-electron chi connectivity index (χ3n) is 4.34. The van der Waals surface area contributed by atoms with Crippen LogP contribution in [0.4, 0.5) is 5.69 Å². The average molecular weight is 418 g/mol. The summed E-state index contributed by atoms with van der Waals surface area (Å²) in [5.74, 6) is 2.07. The van der Waals surface area contributed by atoms with Crippen LogP contribution in [-0.4, -0.2) is 19.7 Å². The van der Waals surface area contributed by atoms with Gasteiger partial charge in [0.05, 0.1) is 4.92 Å². The lowest BCUT2D eigenvalue weighted by molar-refractivity contribution is -0.384. The first-order valence-corrected chi connectivity index (χ1v) is 10.2. The Kier molecular flexibility index (Phi) is 6.05. The fourth-order valence-electron chi connectivity index (χ4n) is 2.85. The van der Waals surface area contributed by atoms with E-state index >= 15 is 0 Å². The summed E-state index contributed by atoms with van der Waals surface area (Å²) in [5, 5.41) is 20.2. The van der Waals surface area contributed by atoms with Gasteiger partial charge in [0.25, 0.3) is 5.69 Å². The molecule has 150 valence electrons. The van der Waals surface area contributed by atoms with Gasteiger partial charge in [0.1, 0.15) is 12.4 Å². The highest BCUT2D eigenvalue weighted by molar-refractivity contribution is 7.98. The molecule has 0 radical (unpaired) electrons. The van der Waals surface area contributed by atoms with Gasteiger partial charge in [-0.15, -0.1) is 10.2 Å². The van der Waals surface area contributed by atoms with Gasteiger partial charge < -0.3 is 4.74 Å². The molecule has 30 heavy (non-hydrogen) atoms. The summed E-state index contributed by atoms with van der Waals surface area (Å²) in [5.41, 5.74) is 1.99. The number of rotatable bonds is 8. The van der Waals surface area contributed by atoms with Crippen LogP contribution in [0.1, 0.15) is 11.4 Å². The molecule has 0 aliphatic carbocycles. The molecule has 0 spiro atoms. The van der Waals surface area contributed by atoms with Crippen molar-refractivity contribution in [3.63, 3.8) is 0 Å². The van der Waals surface area contributed by atoms with Gasteiger partial charge in [-0.05, 0) is 29.8 Å². The van der Waals surface area contributed by atoms with E-state index < -0.39 is 4.92 Å². The fourth-order valence-corrected chi connectivity index (χ4v) is 3.78. The Labute approximate surface area is 177 Å². The molecule has 1 aromatic heterocycles. The number of nitro groups is 1. The SMILES string of the molecule is O=[N+]([O-])c1ccc(CSc2nnc(COc3ccccc3)n2-c2ccccc2)cc1. The number of hydrogen-bond acceptors (Lipinski definition) is 6. The summed E-state index contributed by atoms with van der Waals surface area (Å²) in [4.78, 5) is 10.4. The minimum Gasteiger partial charge on any atom is -0.486 e. The maximum absolute atomic E-state index is 10.8. The molecular formula is C22H18N4O3S. The lowest BCUT2D eigenvalue weighted by Gasteiger charge is -2.11. The summed E-state index contributed by atoms with van der Waals surface area (Å²) >= 11 is 1.52. The van der Waals surface area contributed by atoms with Crippen molar-refractivity contribution in [2.45, 2.75) is 17.5 Å². The first-order chi connectivity index (χ1) is 14.7. The van der Waals surface area contributed by atoms with Crippen molar-refractivity contribution in [1.82, 2.24) is 14.8 Å². The van der Waals surface area contributed by atoms with Crippen molar-refractivity contribution in [1.29, 1.82) is 0 Å². The minimum atomic E-state index is -0.401. The third kappa shape index (κ3) is 4.66. The molecular weight excluding hydrogens is 400 g/mol. The number of aromatic nitrogens is 3. The second kappa shape index (κ2) is 9.23. The number of benzene rings is 3. The Morgan fingerprint density at radius 2 is 1.57 bits per heavy atom. The van der Waals surface area contributed by atoms with Crippen LogP contribution >= 0.6 is 11.8 Å². The van der Waals surface area contributed by atoms with Gasteiger partial charge in [0.15, 0.2) is 11.0 Å². The monoisotopic (exact) mass is 418 g/mol. The van der Waals surface area contributed by atoms with Crippen LogP contribution in [0, 0.1) is 10.1 Å². The van der Waals surface area contributed by atoms with E-state index in [0.29, 0.717) is 11.6 Å². The summed E-state index contributed by atoms with van der Waals surface area (Å²) in [7, 11) is 0. The normalized spacial score (nSPS) is 10.7. The molecule has 4 aromatic rings. The predicted molar refractivity (Wildman–Crippen MR) is 115 cm³/mol. The summed E-state index contributed by atoms with van der Waals surface area (Å²) in [6.07, 6.45) is 0. The first kappa shape index (κ1) is 19.7. The first-order valence-electron chi connectivity index (χ1n) is 9.24. The Morgan fingerprint density at radius 1 is 0.900 bits per heavy atom. The molecule has 0 amide bonds. The number of para-hydroxylation sites is 2. The van der Waals surface area contributed by atoms with E-state index in [1.54, 1.807) is 12.1 Å². The lowest BCUT2D eigenvalue weighted by atomic mass is 10.2. The fraction of sp³-hybridized carbons (Fsp3) is 0.0909. The molecule has 0 aliphatic rings. The van der Waals surface area contributed by atoms with E-state index in [9.17, 15) is 10.1 Å². The zero-order valence-corrected chi connectivity index (χ0v) is 16.7. The molecule has 8 heteroatoms. The van der Waals surface area contributed by atoms with Crippen LogP contribution in [0.2, 0.25) is 0 Å². The van der Waals surface area contributed by atoms with Gasteiger partial charge in [-0.25, -0.2) is 0 Å². The Balaban J connectivity index is 1.54. The molecule has 0 aliphatic heterocycles. The van der Waals surface area contributed by atoms with E-state index in [4.69, 9.17) is 4.74 Å². The minimum absolute atomic E-state index is 0.0801.